The Labute approximate surface area is 112 Å². The summed E-state index contributed by atoms with van der Waals surface area (Å²) in [5.41, 5.74) is 2.73. The number of methoxy groups -OCH3 is 1. The van der Waals surface area contributed by atoms with Gasteiger partial charge in [0, 0.05) is 12.6 Å². The fourth-order valence-electron chi connectivity index (χ4n) is 1.91. The molecule has 0 aromatic heterocycles. The fraction of sp³-hybridized carbons (Fsp3) is 0.625. The van der Waals surface area contributed by atoms with Crippen molar-refractivity contribution in [3.05, 3.63) is 29.3 Å². The first-order chi connectivity index (χ1) is 8.25. The van der Waals surface area contributed by atoms with E-state index in [9.17, 15) is 0 Å². The molecule has 0 aliphatic carbocycles. The van der Waals surface area contributed by atoms with Crippen LogP contribution in [0.25, 0.3) is 0 Å². The Hall–Kier alpha value is -1.02. The van der Waals surface area contributed by atoms with Crippen molar-refractivity contribution in [3.8, 4) is 5.75 Å². The smallest absolute Gasteiger partial charge is 0.122 e. The fourth-order valence-corrected chi connectivity index (χ4v) is 1.91. The van der Waals surface area contributed by atoms with Gasteiger partial charge in [0.25, 0.3) is 0 Å². The minimum absolute atomic E-state index is 0.109. The summed E-state index contributed by atoms with van der Waals surface area (Å²) in [6.45, 7) is 12.1. The third kappa shape index (κ3) is 3.74. The number of hydrogen-bond acceptors (Lipinski definition) is 2. The number of hydrogen-bond donors (Lipinski definition) is 0. The van der Waals surface area contributed by atoms with Gasteiger partial charge >= 0.3 is 0 Å². The standard InChI is InChI=1S/C16H27NO/c1-12(2)17(6)11-13-8-9-15(18-7)14(10-13)16(3,4)5/h8-10,12H,11H2,1-7H3. The van der Waals surface area contributed by atoms with Gasteiger partial charge in [0.1, 0.15) is 5.75 Å². The van der Waals surface area contributed by atoms with E-state index in [0.29, 0.717) is 6.04 Å². The van der Waals surface area contributed by atoms with Crippen LogP contribution in [0.4, 0.5) is 0 Å². The van der Waals surface area contributed by atoms with E-state index in [1.54, 1.807) is 7.11 Å². The van der Waals surface area contributed by atoms with Crippen LogP contribution in [0.1, 0.15) is 45.7 Å². The van der Waals surface area contributed by atoms with Crippen LogP contribution >= 0.6 is 0 Å². The van der Waals surface area contributed by atoms with E-state index < -0.39 is 0 Å². The Morgan fingerprint density at radius 2 is 1.83 bits per heavy atom. The second-order valence-electron chi connectivity index (χ2n) is 6.29. The Kier molecular flexibility index (Phi) is 4.80. The van der Waals surface area contributed by atoms with Crippen molar-refractivity contribution in [2.24, 2.45) is 0 Å². The molecule has 1 aromatic rings. The first kappa shape index (κ1) is 15.0. The van der Waals surface area contributed by atoms with Crippen LogP contribution < -0.4 is 4.74 Å². The highest BCUT2D eigenvalue weighted by molar-refractivity contribution is 5.41. The monoisotopic (exact) mass is 249 g/mol. The molecule has 0 radical (unpaired) electrons. The molecule has 0 aliphatic heterocycles. The van der Waals surface area contributed by atoms with Crippen molar-refractivity contribution in [1.29, 1.82) is 0 Å². The van der Waals surface area contributed by atoms with Crippen molar-refractivity contribution < 1.29 is 4.74 Å². The molecule has 0 bridgehead atoms. The minimum atomic E-state index is 0.109. The highest BCUT2D eigenvalue weighted by Gasteiger charge is 2.19. The summed E-state index contributed by atoms with van der Waals surface area (Å²) in [5.74, 6) is 0.985. The molecule has 0 aliphatic rings. The van der Waals surface area contributed by atoms with E-state index in [1.807, 2.05) is 0 Å². The lowest BCUT2D eigenvalue weighted by Gasteiger charge is -2.25. The van der Waals surface area contributed by atoms with Gasteiger partial charge in [-0.3, -0.25) is 4.90 Å². The van der Waals surface area contributed by atoms with Crippen molar-refractivity contribution in [2.45, 2.75) is 52.6 Å². The molecule has 0 atom stereocenters. The van der Waals surface area contributed by atoms with Crippen LogP contribution in [-0.2, 0) is 12.0 Å². The molecule has 0 N–H and O–H groups in total. The maximum atomic E-state index is 5.47. The molecule has 0 fully saturated rings. The van der Waals surface area contributed by atoms with Crippen LogP contribution in [0.5, 0.6) is 5.75 Å². The second-order valence-corrected chi connectivity index (χ2v) is 6.29. The summed E-state index contributed by atoms with van der Waals surface area (Å²) in [6.07, 6.45) is 0. The predicted octanol–water partition coefficient (Wildman–Crippen LogP) is 3.83. The van der Waals surface area contributed by atoms with E-state index in [2.05, 4.69) is 64.8 Å². The molecule has 0 saturated heterocycles. The highest BCUT2D eigenvalue weighted by Crippen LogP contribution is 2.32. The highest BCUT2D eigenvalue weighted by atomic mass is 16.5. The molecule has 0 amide bonds. The van der Waals surface area contributed by atoms with Crippen LogP contribution in [0, 0.1) is 0 Å². The topological polar surface area (TPSA) is 12.5 Å². The zero-order valence-corrected chi connectivity index (χ0v) is 12.9. The zero-order chi connectivity index (χ0) is 13.9. The summed E-state index contributed by atoms with van der Waals surface area (Å²) in [4.78, 5) is 2.34. The number of benzene rings is 1. The Morgan fingerprint density at radius 3 is 2.28 bits per heavy atom. The summed E-state index contributed by atoms with van der Waals surface area (Å²) in [6, 6.07) is 7.08. The van der Waals surface area contributed by atoms with E-state index in [-0.39, 0.29) is 5.41 Å². The summed E-state index contributed by atoms with van der Waals surface area (Å²) >= 11 is 0. The lowest BCUT2D eigenvalue weighted by molar-refractivity contribution is 0.265. The molecule has 1 rings (SSSR count). The largest absolute Gasteiger partial charge is 0.496 e. The SMILES string of the molecule is COc1ccc(CN(C)C(C)C)cc1C(C)(C)C. The van der Waals surface area contributed by atoms with Gasteiger partial charge in [-0.2, -0.15) is 0 Å². The lowest BCUT2D eigenvalue weighted by Crippen LogP contribution is -2.25. The van der Waals surface area contributed by atoms with Gasteiger partial charge in [-0.15, -0.1) is 0 Å². The van der Waals surface area contributed by atoms with E-state index in [0.717, 1.165) is 12.3 Å². The summed E-state index contributed by atoms with van der Waals surface area (Å²) in [5, 5.41) is 0. The molecule has 0 heterocycles. The number of ether oxygens (including phenoxy) is 1. The third-order valence-electron chi connectivity index (χ3n) is 3.39. The number of rotatable bonds is 4. The molecule has 2 heteroatoms. The van der Waals surface area contributed by atoms with Crippen LogP contribution in [0.3, 0.4) is 0 Å². The van der Waals surface area contributed by atoms with Gasteiger partial charge in [-0.05, 0) is 43.5 Å². The van der Waals surface area contributed by atoms with Gasteiger partial charge in [-0.1, -0.05) is 32.9 Å². The van der Waals surface area contributed by atoms with Crippen molar-refractivity contribution >= 4 is 0 Å². The minimum Gasteiger partial charge on any atom is -0.496 e. The first-order valence-electron chi connectivity index (χ1n) is 6.63. The Balaban J connectivity index is 3.04. The maximum absolute atomic E-state index is 5.47. The van der Waals surface area contributed by atoms with Crippen LogP contribution in [0.15, 0.2) is 18.2 Å². The molecule has 0 spiro atoms. The Bertz CT molecular complexity index is 391. The maximum Gasteiger partial charge on any atom is 0.122 e. The quantitative estimate of drug-likeness (QED) is 0.804. The molecule has 0 saturated carbocycles. The summed E-state index contributed by atoms with van der Waals surface area (Å²) < 4.78 is 5.47. The molecule has 2 nitrogen and oxygen atoms in total. The van der Waals surface area contributed by atoms with Crippen LogP contribution in [-0.4, -0.2) is 25.1 Å². The van der Waals surface area contributed by atoms with Gasteiger partial charge in [0.2, 0.25) is 0 Å². The van der Waals surface area contributed by atoms with Gasteiger partial charge < -0.3 is 4.74 Å². The Morgan fingerprint density at radius 1 is 1.22 bits per heavy atom. The molecule has 1 aromatic carbocycles. The van der Waals surface area contributed by atoms with Gasteiger partial charge in [0.05, 0.1) is 7.11 Å². The van der Waals surface area contributed by atoms with Gasteiger partial charge in [0.15, 0.2) is 0 Å². The van der Waals surface area contributed by atoms with Crippen molar-refractivity contribution in [1.82, 2.24) is 4.90 Å². The normalized spacial score (nSPS) is 12.3. The van der Waals surface area contributed by atoms with E-state index in [1.165, 1.54) is 11.1 Å². The van der Waals surface area contributed by atoms with Crippen molar-refractivity contribution in [3.63, 3.8) is 0 Å². The van der Waals surface area contributed by atoms with Gasteiger partial charge in [-0.25, -0.2) is 0 Å². The molecular formula is C16H27NO. The lowest BCUT2D eigenvalue weighted by atomic mass is 9.85. The summed E-state index contributed by atoms with van der Waals surface area (Å²) in [7, 11) is 3.90. The predicted molar refractivity (Wildman–Crippen MR) is 78.3 cm³/mol. The first-order valence-corrected chi connectivity index (χ1v) is 6.63. The van der Waals surface area contributed by atoms with Crippen molar-refractivity contribution in [2.75, 3.05) is 14.2 Å². The number of nitrogens with zero attached hydrogens (tertiary/aromatic N) is 1. The average Bonchev–Trinajstić information content (AvgIpc) is 2.27. The van der Waals surface area contributed by atoms with E-state index >= 15 is 0 Å². The second kappa shape index (κ2) is 5.75. The average molecular weight is 249 g/mol. The molecule has 18 heavy (non-hydrogen) atoms. The van der Waals surface area contributed by atoms with E-state index in [4.69, 9.17) is 4.74 Å². The zero-order valence-electron chi connectivity index (χ0n) is 12.9. The molecule has 102 valence electrons. The molecular weight excluding hydrogens is 222 g/mol. The third-order valence-corrected chi connectivity index (χ3v) is 3.39. The molecule has 0 unspecified atom stereocenters. The van der Waals surface area contributed by atoms with Crippen LogP contribution in [0.2, 0.25) is 0 Å².